The summed E-state index contributed by atoms with van der Waals surface area (Å²) in [6.07, 6.45) is 5.20. The molecule has 8 nitrogen and oxygen atoms in total. The Morgan fingerprint density at radius 3 is 2.42 bits per heavy atom. The SMILES string of the molecule is C=O.CCC1(C2CC[C@@]3(COC(=O)c4ccc(S(C)(=O)=O)cc4)CC(=O)C(C)=C[C@H]3O2)CO1. The lowest BCUT2D eigenvalue weighted by atomic mass is 9.67. The number of esters is 1. The number of rotatable bonds is 6. The molecule has 4 atom stereocenters. The van der Waals surface area contributed by atoms with Gasteiger partial charge >= 0.3 is 5.97 Å². The van der Waals surface area contributed by atoms with Gasteiger partial charge in [0, 0.05) is 18.1 Å². The van der Waals surface area contributed by atoms with Gasteiger partial charge in [-0.3, -0.25) is 4.79 Å². The van der Waals surface area contributed by atoms with E-state index in [2.05, 4.69) is 6.92 Å². The molecule has 9 heteroatoms. The molecule has 0 radical (unpaired) electrons. The van der Waals surface area contributed by atoms with Crippen molar-refractivity contribution in [2.45, 2.75) is 62.2 Å². The van der Waals surface area contributed by atoms with Crippen LogP contribution in [-0.2, 0) is 33.6 Å². The molecule has 0 amide bonds. The van der Waals surface area contributed by atoms with Crippen LogP contribution in [-0.4, -0.2) is 64.2 Å². The first-order valence-corrected chi connectivity index (χ1v) is 12.7. The highest BCUT2D eigenvalue weighted by atomic mass is 32.2. The fraction of sp³-hybridized carbons (Fsp3) is 0.542. The second-order valence-electron chi connectivity index (χ2n) is 8.98. The molecule has 0 aromatic heterocycles. The maximum absolute atomic E-state index is 12.6. The fourth-order valence-corrected chi connectivity index (χ4v) is 5.20. The van der Waals surface area contributed by atoms with Crippen molar-refractivity contribution in [2.75, 3.05) is 19.5 Å². The lowest BCUT2D eigenvalue weighted by Gasteiger charge is -2.48. The number of carbonyl (C=O) groups excluding carboxylic acids is 3. The fourth-order valence-electron chi connectivity index (χ4n) is 4.57. The highest BCUT2D eigenvalue weighted by Gasteiger charge is 2.57. The summed E-state index contributed by atoms with van der Waals surface area (Å²) in [6, 6.07) is 5.65. The van der Waals surface area contributed by atoms with Gasteiger partial charge in [-0.1, -0.05) is 6.92 Å². The highest BCUT2D eigenvalue weighted by molar-refractivity contribution is 7.90. The van der Waals surface area contributed by atoms with Crippen LogP contribution in [0.2, 0.25) is 0 Å². The maximum Gasteiger partial charge on any atom is 0.338 e. The number of sulfone groups is 1. The standard InChI is InChI=1S/C23H28O7S.CH2O/c1-4-23(14-29-23)19-9-10-22(12-18(24)15(2)11-20(22)30-19)13-28-21(25)16-5-7-17(8-6-16)31(3,26)27;1-2/h5-8,11,19-20H,4,9-10,12-14H2,1-3H3;1H2/t19?,20-,22+,23?;/m1./s1. The Bertz CT molecular complexity index is 1040. The number of fused-ring (bicyclic) bond motifs is 1. The van der Waals surface area contributed by atoms with E-state index in [9.17, 15) is 18.0 Å². The normalized spacial score (nSPS) is 30.9. The molecule has 2 aliphatic heterocycles. The van der Waals surface area contributed by atoms with E-state index < -0.39 is 21.2 Å². The molecule has 0 saturated carbocycles. The van der Waals surface area contributed by atoms with Crippen LogP contribution >= 0.6 is 0 Å². The molecule has 1 aliphatic carbocycles. The molecule has 33 heavy (non-hydrogen) atoms. The van der Waals surface area contributed by atoms with Gasteiger partial charge in [-0.15, -0.1) is 0 Å². The quantitative estimate of drug-likeness (QED) is 0.453. The minimum absolute atomic E-state index is 0.0351. The van der Waals surface area contributed by atoms with Gasteiger partial charge in [-0.2, -0.15) is 0 Å². The molecule has 2 fully saturated rings. The first-order valence-electron chi connectivity index (χ1n) is 10.9. The van der Waals surface area contributed by atoms with E-state index in [1.807, 2.05) is 12.9 Å². The topological polar surface area (TPSA) is 116 Å². The summed E-state index contributed by atoms with van der Waals surface area (Å²) < 4.78 is 40.9. The third-order valence-corrected chi connectivity index (χ3v) is 8.01. The Morgan fingerprint density at radius 2 is 1.88 bits per heavy atom. The third-order valence-electron chi connectivity index (χ3n) is 6.88. The van der Waals surface area contributed by atoms with E-state index in [1.165, 1.54) is 24.3 Å². The summed E-state index contributed by atoms with van der Waals surface area (Å²) in [5, 5.41) is 0. The van der Waals surface area contributed by atoms with Crippen LogP contribution in [0.1, 0.15) is 49.9 Å². The van der Waals surface area contributed by atoms with Crippen LogP contribution < -0.4 is 0 Å². The van der Waals surface area contributed by atoms with Crippen molar-refractivity contribution in [1.82, 2.24) is 0 Å². The Hall–Kier alpha value is -2.36. The Balaban J connectivity index is 0.00000149. The van der Waals surface area contributed by atoms with Crippen LogP contribution in [0.4, 0.5) is 0 Å². The molecule has 2 unspecified atom stereocenters. The first-order chi connectivity index (χ1) is 15.6. The third kappa shape index (κ3) is 5.10. The number of hydrogen-bond acceptors (Lipinski definition) is 8. The van der Waals surface area contributed by atoms with Gasteiger partial charge in [0.25, 0.3) is 0 Å². The van der Waals surface area contributed by atoms with Crippen molar-refractivity contribution in [3.8, 4) is 0 Å². The second-order valence-corrected chi connectivity index (χ2v) is 11.0. The van der Waals surface area contributed by atoms with Crippen molar-refractivity contribution in [1.29, 1.82) is 0 Å². The van der Waals surface area contributed by atoms with E-state index in [0.29, 0.717) is 18.6 Å². The van der Waals surface area contributed by atoms with Gasteiger partial charge in [0.15, 0.2) is 15.6 Å². The van der Waals surface area contributed by atoms with Crippen molar-refractivity contribution < 1.29 is 37.0 Å². The Morgan fingerprint density at radius 1 is 1.24 bits per heavy atom. The monoisotopic (exact) mass is 478 g/mol. The van der Waals surface area contributed by atoms with Crippen molar-refractivity contribution >= 4 is 28.4 Å². The average molecular weight is 479 g/mol. The van der Waals surface area contributed by atoms with Gasteiger partial charge in [-0.05, 0) is 62.1 Å². The molecule has 0 spiro atoms. The lowest BCUT2D eigenvalue weighted by Crippen LogP contribution is -2.53. The molecule has 0 N–H and O–H groups in total. The van der Waals surface area contributed by atoms with Crippen LogP contribution in [0.3, 0.4) is 0 Å². The highest BCUT2D eigenvalue weighted by Crippen LogP contribution is 2.50. The number of ether oxygens (including phenoxy) is 3. The molecule has 1 aromatic carbocycles. The van der Waals surface area contributed by atoms with Crippen molar-refractivity contribution in [2.24, 2.45) is 5.41 Å². The van der Waals surface area contributed by atoms with Gasteiger partial charge in [0.2, 0.25) is 0 Å². The second kappa shape index (κ2) is 9.48. The molecule has 2 heterocycles. The van der Waals surface area contributed by atoms with Crippen LogP contribution in [0.5, 0.6) is 0 Å². The molecule has 2 saturated heterocycles. The van der Waals surface area contributed by atoms with E-state index in [-0.39, 0.29) is 47.1 Å². The molecule has 4 rings (SSSR count). The van der Waals surface area contributed by atoms with Crippen molar-refractivity contribution in [3.05, 3.63) is 41.5 Å². The number of Topliss-reactive ketones (excluding diaryl/α,β-unsaturated/α-hetero) is 1. The maximum atomic E-state index is 12.6. The molecule has 180 valence electrons. The van der Waals surface area contributed by atoms with Gasteiger partial charge in [-0.25, -0.2) is 13.2 Å². The van der Waals surface area contributed by atoms with Gasteiger partial charge in [0.1, 0.15) is 19.0 Å². The number of benzene rings is 1. The van der Waals surface area contributed by atoms with E-state index in [4.69, 9.17) is 19.0 Å². The van der Waals surface area contributed by atoms with Crippen LogP contribution in [0, 0.1) is 5.41 Å². The first kappa shape index (κ1) is 25.3. The zero-order chi connectivity index (χ0) is 24.4. The average Bonchev–Trinajstić information content (AvgIpc) is 3.60. The smallest absolute Gasteiger partial charge is 0.338 e. The molecular formula is C24H30O8S. The molecule has 3 aliphatic rings. The molecule has 0 bridgehead atoms. The van der Waals surface area contributed by atoms with Gasteiger partial charge in [0.05, 0.1) is 29.3 Å². The number of epoxide rings is 1. The molecule has 1 aromatic rings. The Labute approximate surface area is 194 Å². The summed E-state index contributed by atoms with van der Waals surface area (Å²) in [5.74, 6) is -0.510. The summed E-state index contributed by atoms with van der Waals surface area (Å²) in [7, 11) is -3.34. The number of ketones is 1. The van der Waals surface area contributed by atoms with Crippen LogP contribution in [0.15, 0.2) is 40.8 Å². The number of carbonyl (C=O) groups is 3. The zero-order valence-corrected chi connectivity index (χ0v) is 20.0. The zero-order valence-electron chi connectivity index (χ0n) is 19.2. The summed E-state index contributed by atoms with van der Waals surface area (Å²) >= 11 is 0. The predicted molar refractivity (Wildman–Crippen MR) is 120 cm³/mol. The number of hydrogen-bond donors (Lipinski definition) is 0. The summed E-state index contributed by atoms with van der Waals surface area (Å²) in [4.78, 5) is 33.3. The van der Waals surface area contributed by atoms with E-state index >= 15 is 0 Å². The van der Waals surface area contributed by atoms with Gasteiger partial charge < -0.3 is 19.0 Å². The summed E-state index contributed by atoms with van der Waals surface area (Å²) in [5.41, 5.74) is 0.110. The van der Waals surface area contributed by atoms with E-state index in [1.54, 1.807) is 6.92 Å². The summed E-state index contributed by atoms with van der Waals surface area (Å²) in [6.45, 7) is 6.62. The van der Waals surface area contributed by atoms with Crippen LogP contribution in [0.25, 0.3) is 0 Å². The Kier molecular flexibility index (Phi) is 7.26. The predicted octanol–water partition coefficient (Wildman–Crippen LogP) is 2.69. The largest absolute Gasteiger partial charge is 0.461 e. The van der Waals surface area contributed by atoms with E-state index in [0.717, 1.165) is 19.1 Å². The number of allylic oxidation sites excluding steroid dienone is 1. The minimum Gasteiger partial charge on any atom is -0.461 e. The minimum atomic E-state index is -3.34. The van der Waals surface area contributed by atoms with Crippen molar-refractivity contribution in [3.63, 3.8) is 0 Å². The lowest BCUT2D eigenvalue weighted by molar-refractivity contribution is -0.158. The molecular weight excluding hydrogens is 448 g/mol.